The molecule has 0 heterocycles. The molecule has 0 saturated heterocycles. The van der Waals surface area contributed by atoms with Gasteiger partial charge in [-0.25, -0.2) is 4.79 Å². The number of carboxylic acids is 1. The van der Waals surface area contributed by atoms with Gasteiger partial charge in [0, 0.05) is 11.7 Å². The van der Waals surface area contributed by atoms with Gasteiger partial charge in [-0.15, -0.1) is 0 Å². The van der Waals surface area contributed by atoms with Crippen molar-refractivity contribution in [3.8, 4) is 0 Å². The first kappa shape index (κ1) is 14.4. The molecule has 0 aromatic heterocycles. The SMILES string of the molecule is CSC(C)CC(=O)NC1(C(=O)O)CCCCC1. The summed E-state index contributed by atoms with van der Waals surface area (Å²) in [5, 5.41) is 12.3. The molecule has 1 aliphatic carbocycles. The zero-order valence-corrected chi connectivity index (χ0v) is 11.3. The molecule has 1 rings (SSSR count). The van der Waals surface area contributed by atoms with Crippen LogP contribution in [0.15, 0.2) is 0 Å². The van der Waals surface area contributed by atoms with Crippen LogP contribution in [0.2, 0.25) is 0 Å². The lowest BCUT2D eigenvalue weighted by molar-refractivity contribution is -0.149. The van der Waals surface area contributed by atoms with Crippen LogP contribution < -0.4 is 5.32 Å². The van der Waals surface area contributed by atoms with Crippen molar-refractivity contribution in [3.63, 3.8) is 0 Å². The number of carboxylic acid groups (broad SMARTS) is 1. The molecule has 1 saturated carbocycles. The third-order valence-electron chi connectivity index (χ3n) is 3.37. The number of hydrogen-bond acceptors (Lipinski definition) is 3. The van der Waals surface area contributed by atoms with Gasteiger partial charge in [0.15, 0.2) is 0 Å². The van der Waals surface area contributed by atoms with Gasteiger partial charge < -0.3 is 10.4 Å². The number of thioether (sulfide) groups is 1. The van der Waals surface area contributed by atoms with Crippen molar-refractivity contribution in [2.45, 2.75) is 56.2 Å². The molecule has 0 spiro atoms. The quantitative estimate of drug-likeness (QED) is 0.793. The second-order valence-electron chi connectivity index (χ2n) is 4.75. The average Bonchev–Trinajstić information content (AvgIpc) is 2.29. The Kier molecular flexibility index (Phi) is 5.31. The van der Waals surface area contributed by atoms with E-state index in [2.05, 4.69) is 5.32 Å². The van der Waals surface area contributed by atoms with Crippen LogP contribution in [-0.4, -0.2) is 34.0 Å². The summed E-state index contributed by atoms with van der Waals surface area (Å²) in [4.78, 5) is 23.1. The van der Waals surface area contributed by atoms with Crippen molar-refractivity contribution < 1.29 is 14.7 Å². The van der Waals surface area contributed by atoms with Crippen LogP contribution in [0.1, 0.15) is 45.4 Å². The van der Waals surface area contributed by atoms with Gasteiger partial charge in [0.25, 0.3) is 0 Å². The minimum absolute atomic E-state index is 0.142. The van der Waals surface area contributed by atoms with Crippen molar-refractivity contribution in [2.75, 3.05) is 6.26 Å². The number of rotatable bonds is 5. The van der Waals surface area contributed by atoms with Gasteiger partial charge in [-0.1, -0.05) is 26.2 Å². The molecule has 2 N–H and O–H groups in total. The summed E-state index contributed by atoms with van der Waals surface area (Å²) in [5.74, 6) is -1.03. The highest BCUT2D eigenvalue weighted by Crippen LogP contribution is 2.28. The Balaban J connectivity index is 2.60. The smallest absolute Gasteiger partial charge is 0.329 e. The molecule has 0 radical (unpaired) electrons. The third-order valence-corrected chi connectivity index (χ3v) is 4.34. The molecule has 0 bridgehead atoms. The molecule has 98 valence electrons. The van der Waals surface area contributed by atoms with E-state index in [9.17, 15) is 14.7 Å². The molecular weight excluding hydrogens is 238 g/mol. The summed E-state index contributed by atoms with van der Waals surface area (Å²) >= 11 is 1.61. The van der Waals surface area contributed by atoms with E-state index < -0.39 is 11.5 Å². The Morgan fingerprint density at radius 2 is 1.94 bits per heavy atom. The van der Waals surface area contributed by atoms with Gasteiger partial charge in [-0.05, 0) is 19.1 Å². The lowest BCUT2D eigenvalue weighted by Gasteiger charge is -2.34. The molecule has 1 amide bonds. The van der Waals surface area contributed by atoms with E-state index in [0.29, 0.717) is 19.3 Å². The summed E-state index contributed by atoms with van der Waals surface area (Å²) in [6.45, 7) is 1.97. The molecule has 5 heteroatoms. The maximum Gasteiger partial charge on any atom is 0.329 e. The average molecular weight is 259 g/mol. The standard InChI is InChI=1S/C12H21NO3S/c1-9(17-2)8-10(14)13-12(11(15)16)6-4-3-5-7-12/h9H,3-8H2,1-2H3,(H,13,14)(H,15,16). The Morgan fingerprint density at radius 1 is 1.35 bits per heavy atom. The molecular formula is C12H21NO3S. The number of carbonyl (C=O) groups is 2. The molecule has 1 unspecified atom stereocenters. The molecule has 1 fully saturated rings. The van der Waals surface area contributed by atoms with Gasteiger partial charge >= 0.3 is 5.97 Å². The summed E-state index contributed by atoms with van der Waals surface area (Å²) in [6, 6.07) is 0. The fourth-order valence-corrected chi connectivity index (χ4v) is 2.53. The molecule has 17 heavy (non-hydrogen) atoms. The number of hydrogen-bond donors (Lipinski definition) is 2. The first-order valence-electron chi connectivity index (χ1n) is 6.07. The monoisotopic (exact) mass is 259 g/mol. The van der Waals surface area contributed by atoms with E-state index in [-0.39, 0.29) is 11.2 Å². The van der Waals surface area contributed by atoms with Crippen LogP contribution in [0.3, 0.4) is 0 Å². The van der Waals surface area contributed by atoms with Crippen molar-refractivity contribution >= 4 is 23.6 Å². The summed E-state index contributed by atoms with van der Waals surface area (Å²) < 4.78 is 0. The van der Waals surface area contributed by atoms with E-state index >= 15 is 0 Å². The lowest BCUT2D eigenvalue weighted by atomic mass is 9.81. The Morgan fingerprint density at radius 3 is 2.41 bits per heavy atom. The summed E-state index contributed by atoms with van der Waals surface area (Å²) in [7, 11) is 0. The Labute approximate surface area is 107 Å². The van der Waals surface area contributed by atoms with Crippen molar-refractivity contribution in [1.82, 2.24) is 5.32 Å². The topological polar surface area (TPSA) is 66.4 Å². The highest BCUT2D eigenvalue weighted by atomic mass is 32.2. The molecule has 0 aliphatic heterocycles. The van der Waals surface area contributed by atoms with E-state index in [4.69, 9.17) is 0 Å². The maximum absolute atomic E-state index is 11.8. The Hall–Kier alpha value is -0.710. The predicted molar refractivity (Wildman–Crippen MR) is 69.2 cm³/mol. The van der Waals surface area contributed by atoms with Crippen LogP contribution in [-0.2, 0) is 9.59 Å². The fraction of sp³-hybridized carbons (Fsp3) is 0.833. The largest absolute Gasteiger partial charge is 0.480 e. The van der Waals surface area contributed by atoms with Gasteiger partial charge in [-0.3, -0.25) is 4.79 Å². The second-order valence-corrected chi connectivity index (χ2v) is 6.02. The highest BCUT2D eigenvalue weighted by molar-refractivity contribution is 7.99. The summed E-state index contributed by atoms with van der Waals surface area (Å²) in [5.41, 5.74) is -1.01. The minimum atomic E-state index is -1.01. The molecule has 0 aromatic carbocycles. The minimum Gasteiger partial charge on any atom is -0.480 e. The molecule has 1 aliphatic rings. The van der Waals surface area contributed by atoms with Gasteiger partial charge in [0.2, 0.25) is 5.91 Å². The van der Waals surface area contributed by atoms with Crippen molar-refractivity contribution in [1.29, 1.82) is 0 Å². The van der Waals surface area contributed by atoms with Crippen LogP contribution in [0.4, 0.5) is 0 Å². The van der Waals surface area contributed by atoms with Crippen LogP contribution in [0.25, 0.3) is 0 Å². The van der Waals surface area contributed by atoms with Crippen molar-refractivity contribution in [2.24, 2.45) is 0 Å². The Bertz CT molecular complexity index is 287. The summed E-state index contributed by atoms with van der Waals surface area (Å²) in [6.07, 6.45) is 6.27. The van der Waals surface area contributed by atoms with Gasteiger partial charge in [0.1, 0.15) is 5.54 Å². The van der Waals surface area contributed by atoms with Crippen LogP contribution in [0.5, 0.6) is 0 Å². The number of amides is 1. The van der Waals surface area contributed by atoms with E-state index in [0.717, 1.165) is 19.3 Å². The van der Waals surface area contributed by atoms with Crippen molar-refractivity contribution in [3.05, 3.63) is 0 Å². The van der Waals surface area contributed by atoms with E-state index in [1.165, 1.54) is 0 Å². The fourth-order valence-electron chi connectivity index (χ4n) is 2.21. The van der Waals surface area contributed by atoms with E-state index in [1.807, 2.05) is 13.2 Å². The molecule has 1 atom stereocenters. The van der Waals surface area contributed by atoms with Gasteiger partial charge in [-0.2, -0.15) is 11.8 Å². The maximum atomic E-state index is 11.8. The number of nitrogens with one attached hydrogen (secondary N) is 1. The predicted octanol–water partition coefficient (Wildman–Crippen LogP) is 2.03. The van der Waals surface area contributed by atoms with E-state index in [1.54, 1.807) is 11.8 Å². The first-order chi connectivity index (χ1) is 8.00. The van der Waals surface area contributed by atoms with Gasteiger partial charge in [0.05, 0.1) is 0 Å². The number of carbonyl (C=O) groups excluding carboxylic acids is 1. The normalized spacial score (nSPS) is 20.6. The first-order valence-corrected chi connectivity index (χ1v) is 7.36. The van der Waals surface area contributed by atoms with Crippen LogP contribution in [0, 0.1) is 0 Å². The zero-order chi connectivity index (χ0) is 12.9. The second kappa shape index (κ2) is 6.28. The van der Waals surface area contributed by atoms with Crippen LogP contribution >= 0.6 is 11.8 Å². The number of aliphatic carboxylic acids is 1. The molecule has 0 aromatic rings. The third kappa shape index (κ3) is 3.91. The highest BCUT2D eigenvalue weighted by Gasteiger charge is 2.40. The molecule has 4 nitrogen and oxygen atoms in total. The lowest BCUT2D eigenvalue weighted by Crippen LogP contribution is -2.55. The zero-order valence-electron chi connectivity index (χ0n) is 10.5.